The third kappa shape index (κ3) is 8.15. The number of hydrogen-bond donors (Lipinski definition) is 0. The summed E-state index contributed by atoms with van der Waals surface area (Å²) in [6, 6.07) is 52.8. The average Bonchev–Trinajstić information content (AvgIpc) is 3.63. The zero-order valence-electron chi connectivity index (χ0n) is 47.1. The first-order valence-corrected chi connectivity index (χ1v) is 26.9. The quantitative estimate of drug-likeness (QED) is 0.159. The lowest BCUT2D eigenvalue weighted by Crippen LogP contribution is -2.61. The molecule has 3 nitrogen and oxygen atoms in total. The maximum Gasteiger partial charge on any atom is 0.252 e. The van der Waals surface area contributed by atoms with Crippen LogP contribution in [-0.4, -0.2) is 45.9 Å². The van der Waals surface area contributed by atoms with E-state index in [2.05, 4.69) is 251 Å². The van der Waals surface area contributed by atoms with E-state index in [9.17, 15) is 0 Å². The molecule has 9 heteroatoms. The number of benzene rings is 8. The third-order valence-corrected chi connectivity index (χ3v) is 16.7. The van der Waals surface area contributed by atoms with Crippen molar-refractivity contribution in [1.29, 1.82) is 0 Å². The molecule has 8 aromatic rings. The van der Waals surface area contributed by atoms with Gasteiger partial charge in [-0.2, -0.15) is 0 Å². The average molecular weight is 977 g/mol. The highest BCUT2D eigenvalue weighted by molar-refractivity contribution is 7.00. The van der Waals surface area contributed by atoms with Crippen molar-refractivity contribution in [2.75, 3.05) is 14.7 Å². The third-order valence-electron chi connectivity index (χ3n) is 16.7. The van der Waals surface area contributed by atoms with Gasteiger partial charge in [0.25, 0.3) is 6.71 Å². The van der Waals surface area contributed by atoms with Crippen LogP contribution in [0.1, 0.15) is 130 Å². The van der Waals surface area contributed by atoms with Crippen LogP contribution in [0.4, 0.5) is 51.2 Å². The molecule has 1 aliphatic carbocycles. The van der Waals surface area contributed by atoms with Crippen molar-refractivity contribution in [3.8, 4) is 11.1 Å². The summed E-state index contributed by atoms with van der Waals surface area (Å²) in [5.74, 6) is 0. The van der Waals surface area contributed by atoms with Crippen molar-refractivity contribution in [3.63, 3.8) is 0 Å². The van der Waals surface area contributed by atoms with E-state index in [-0.39, 0.29) is 61.1 Å². The summed E-state index contributed by atoms with van der Waals surface area (Å²) in [6.45, 7) is 32.0. The maximum absolute atomic E-state index is 7.08. The lowest BCUT2D eigenvalue weighted by atomic mass is 9.33. The summed E-state index contributed by atoms with van der Waals surface area (Å²) >= 11 is 0. The Morgan fingerprint density at radius 2 is 0.882 bits per heavy atom. The molecule has 0 spiro atoms. The molecule has 0 unspecified atom stereocenters. The molecule has 366 valence electrons. The molecule has 76 heavy (non-hydrogen) atoms. The zero-order chi connectivity index (χ0) is 54.5. The molecule has 0 saturated carbocycles. The Bertz CT molecular complexity index is 3650. The van der Waals surface area contributed by atoms with E-state index in [0.29, 0.717) is 5.69 Å². The van der Waals surface area contributed by atoms with Gasteiger partial charge < -0.3 is 14.7 Å². The number of fused-ring (bicyclic) bond motifs is 7. The minimum Gasteiger partial charge on any atom is -0.312 e. The predicted octanol–water partition coefficient (Wildman–Crippen LogP) is 10.7. The van der Waals surface area contributed by atoms with Gasteiger partial charge in [0.1, 0.15) is 39.2 Å². The molecule has 10 radical (unpaired) electrons. The van der Waals surface area contributed by atoms with Gasteiger partial charge in [-0.1, -0.05) is 181 Å². The molecular formula is C67H65B6N3. The maximum atomic E-state index is 7.08. The van der Waals surface area contributed by atoms with E-state index >= 15 is 0 Å². The molecule has 8 aromatic carbocycles. The predicted molar refractivity (Wildman–Crippen MR) is 334 cm³/mol. The molecule has 0 aromatic heterocycles. The highest BCUT2D eigenvalue weighted by Crippen LogP contribution is 2.53. The Balaban J connectivity index is 1.26. The fourth-order valence-corrected chi connectivity index (χ4v) is 12.1. The van der Waals surface area contributed by atoms with Gasteiger partial charge in [0.2, 0.25) is 0 Å². The van der Waals surface area contributed by atoms with Gasteiger partial charge in [0.15, 0.2) is 0 Å². The van der Waals surface area contributed by atoms with Gasteiger partial charge in [-0.25, -0.2) is 0 Å². The van der Waals surface area contributed by atoms with E-state index < -0.39 is 0 Å². The molecule has 2 aliphatic heterocycles. The monoisotopic (exact) mass is 978 g/mol. The molecule has 0 amide bonds. The van der Waals surface area contributed by atoms with Gasteiger partial charge in [-0.15, -0.1) is 16.4 Å². The molecule has 0 atom stereocenters. The molecule has 0 saturated heterocycles. The molecule has 2 heterocycles. The van der Waals surface area contributed by atoms with Crippen LogP contribution in [0.15, 0.2) is 140 Å². The van der Waals surface area contributed by atoms with E-state index in [0.717, 1.165) is 34.1 Å². The van der Waals surface area contributed by atoms with Crippen molar-refractivity contribution < 1.29 is 0 Å². The minimum atomic E-state index is -0.240. The van der Waals surface area contributed by atoms with Crippen LogP contribution in [0.5, 0.6) is 0 Å². The molecule has 0 bridgehead atoms. The second kappa shape index (κ2) is 17.5. The Morgan fingerprint density at radius 3 is 1.46 bits per heavy atom. The van der Waals surface area contributed by atoms with Crippen molar-refractivity contribution in [3.05, 3.63) is 173 Å². The van der Waals surface area contributed by atoms with Gasteiger partial charge in [-0.05, 0) is 149 Å². The summed E-state index contributed by atoms with van der Waals surface area (Å²) < 4.78 is 0. The first-order valence-electron chi connectivity index (χ1n) is 26.9. The van der Waals surface area contributed by atoms with Gasteiger partial charge >= 0.3 is 0 Å². The van der Waals surface area contributed by atoms with Gasteiger partial charge in [-0.3, -0.25) is 0 Å². The van der Waals surface area contributed by atoms with Crippen molar-refractivity contribution in [1.82, 2.24) is 0 Å². The van der Waals surface area contributed by atoms with Crippen molar-refractivity contribution in [2.24, 2.45) is 0 Å². The van der Waals surface area contributed by atoms with Crippen LogP contribution >= 0.6 is 0 Å². The Kier molecular flexibility index (Phi) is 11.9. The zero-order valence-corrected chi connectivity index (χ0v) is 47.1. The number of nitrogens with zero attached hydrogens (tertiary/aromatic N) is 3. The topological polar surface area (TPSA) is 9.72 Å². The molecule has 11 rings (SSSR count). The van der Waals surface area contributed by atoms with E-state index in [1.165, 1.54) is 72.3 Å². The number of anilines is 9. The Labute approximate surface area is 461 Å². The molecule has 0 fully saturated rings. The first-order chi connectivity index (χ1) is 35.6. The van der Waals surface area contributed by atoms with Crippen LogP contribution in [0.2, 0.25) is 0 Å². The first kappa shape index (κ1) is 51.6. The highest BCUT2D eigenvalue weighted by atomic mass is 15.2. The number of hydrogen-bond acceptors (Lipinski definition) is 3. The van der Waals surface area contributed by atoms with Gasteiger partial charge in [0.05, 0.1) is 0 Å². The fraction of sp³-hybridized carbons (Fsp3) is 0.284. The highest BCUT2D eigenvalue weighted by Gasteiger charge is 2.46. The second-order valence-corrected chi connectivity index (χ2v) is 26.3. The van der Waals surface area contributed by atoms with Crippen LogP contribution in [0, 0.1) is 0 Å². The minimum absolute atomic E-state index is 0.00119. The van der Waals surface area contributed by atoms with Crippen LogP contribution in [0.25, 0.3) is 11.1 Å². The van der Waals surface area contributed by atoms with Crippen LogP contribution in [0.3, 0.4) is 0 Å². The van der Waals surface area contributed by atoms with Gasteiger partial charge in [0, 0.05) is 56.6 Å². The molecule has 0 N–H and O–H groups in total. The fourth-order valence-electron chi connectivity index (χ4n) is 12.1. The Hall–Kier alpha value is -6.45. The summed E-state index contributed by atoms with van der Waals surface area (Å²) in [6.07, 6.45) is 0. The summed E-state index contributed by atoms with van der Waals surface area (Å²) in [4.78, 5) is 7.16. The molecule has 3 aliphatic rings. The van der Waals surface area contributed by atoms with E-state index in [1.807, 2.05) is 0 Å². The smallest absolute Gasteiger partial charge is 0.252 e. The normalized spacial score (nSPS) is 14.5. The Morgan fingerprint density at radius 1 is 0.395 bits per heavy atom. The second-order valence-electron chi connectivity index (χ2n) is 26.3. The van der Waals surface area contributed by atoms with Crippen molar-refractivity contribution >= 4 is 141 Å². The molecular weight excluding hydrogens is 912 g/mol. The lowest BCUT2D eigenvalue weighted by molar-refractivity contribution is 0.589. The lowest BCUT2D eigenvalue weighted by Gasteiger charge is -2.46. The standard InChI is InChI=1S/C67H65B6N3/c1-63(2,3)38-19-24-42(25-20-38)74(62-59(71)57(69)56(68)58(70)60(62)72)45-29-31-50-53(37-45)76(44-28-30-47-46-17-15-16-18-48(46)67(13,14)49(47)36-44)55-35-41(66(10,11)12)34-54-61(55)73(50)51-33-40(65(7,8)9)23-32-52(51)75(54)43-26-21-39(22-27-43)64(4,5)6/h15-37H,1-14H3. The summed E-state index contributed by atoms with van der Waals surface area (Å²) in [5.41, 5.74) is 23.2. The summed E-state index contributed by atoms with van der Waals surface area (Å²) in [7, 11) is 34.1. The van der Waals surface area contributed by atoms with Crippen molar-refractivity contribution in [2.45, 2.75) is 124 Å². The SMILES string of the molecule is [B]c1c([B])c([B])c(N(c2ccc(C(C)(C)C)cc2)c2ccc3c(c2)N(c2ccc4c(c2)C(C)(C)c2ccccc2-4)c2cc(C(C)(C)C)cc4c2B3c2cc(C(C)(C)C)ccc2N4c2ccc(C(C)(C)C)cc2)c([B])c1[B]. The van der Waals surface area contributed by atoms with Crippen LogP contribution < -0.4 is 58.4 Å². The van der Waals surface area contributed by atoms with E-state index in [1.54, 1.807) is 0 Å². The summed E-state index contributed by atoms with van der Waals surface area (Å²) in [5, 5.41) is 0. The largest absolute Gasteiger partial charge is 0.312 e. The number of rotatable bonds is 5. The van der Waals surface area contributed by atoms with Crippen LogP contribution in [-0.2, 0) is 27.1 Å². The van der Waals surface area contributed by atoms with E-state index in [4.69, 9.17) is 39.2 Å².